The van der Waals surface area contributed by atoms with E-state index in [1.54, 1.807) is 0 Å². The molecule has 1 heterocycles. The SMILES string of the molecule is O=C1c2ccccc2CC1(c1ccccc1)C1CNC1. The van der Waals surface area contributed by atoms with Crippen molar-refractivity contribution in [1.29, 1.82) is 0 Å². The second-order valence-corrected chi connectivity index (χ2v) is 5.86. The Balaban J connectivity index is 1.89. The summed E-state index contributed by atoms with van der Waals surface area (Å²) < 4.78 is 0. The van der Waals surface area contributed by atoms with Crippen LogP contribution in [0, 0.1) is 5.92 Å². The Bertz CT molecular complexity index is 660. The maximum absolute atomic E-state index is 13.1. The molecule has 0 bridgehead atoms. The van der Waals surface area contributed by atoms with Gasteiger partial charge in [0.15, 0.2) is 5.78 Å². The zero-order valence-electron chi connectivity index (χ0n) is 11.3. The second-order valence-electron chi connectivity index (χ2n) is 5.86. The molecule has 0 amide bonds. The molecule has 2 aromatic carbocycles. The van der Waals surface area contributed by atoms with Crippen LogP contribution >= 0.6 is 0 Å². The quantitative estimate of drug-likeness (QED) is 0.902. The molecule has 100 valence electrons. The molecule has 1 atom stereocenters. The Morgan fingerprint density at radius 1 is 0.950 bits per heavy atom. The van der Waals surface area contributed by atoms with Gasteiger partial charge in [-0.15, -0.1) is 0 Å². The number of rotatable bonds is 2. The number of carbonyl (C=O) groups is 1. The number of Topliss-reactive ketones (excluding diaryl/α,β-unsaturated/α-hetero) is 1. The molecule has 0 aromatic heterocycles. The minimum atomic E-state index is -0.351. The fourth-order valence-corrected chi connectivity index (χ4v) is 3.69. The Labute approximate surface area is 118 Å². The van der Waals surface area contributed by atoms with Crippen LogP contribution in [0.3, 0.4) is 0 Å². The lowest BCUT2D eigenvalue weighted by Gasteiger charge is -2.42. The summed E-state index contributed by atoms with van der Waals surface area (Å²) in [6.45, 7) is 1.88. The highest BCUT2D eigenvalue weighted by atomic mass is 16.1. The van der Waals surface area contributed by atoms with Crippen molar-refractivity contribution >= 4 is 5.78 Å². The molecule has 0 spiro atoms. The fourth-order valence-electron chi connectivity index (χ4n) is 3.69. The maximum atomic E-state index is 13.1. The van der Waals surface area contributed by atoms with E-state index in [1.807, 2.05) is 36.4 Å². The van der Waals surface area contributed by atoms with Crippen LogP contribution in [0.2, 0.25) is 0 Å². The monoisotopic (exact) mass is 263 g/mol. The van der Waals surface area contributed by atoms with E-state index in [2.05, 4.69) is 23.5 Å². The van der Waals surface area contributed by atoms with Crippen molar-refractivity contribution in [3.05, 3.63) is 71.3 Å². The lowest BCUT2D eigenvalue weighted by molar-refractivity contribution is 0.0790. The first-order chi connectivity index (χ1) is 9.82. The van der Waals surface area contributed by atoms with E-state index in [0.717, 1.165) is 25.1 Å². The molecular formula is C18H17NO. The Kier molecular flexibility index (Phi) is 2.54. The van der Waals surface area contributed by atoms with Gasteiger partial charge in [-0.2, -0.15) is 0 Å². The van der Waals surface area contributed by atoms with Crippen molar-refractivity contribution in [2.45, 2.75) is 11.8 Å². The number of benzene rings is 2. The van der Waals surface area contributed by atoms with E-state index >= 15 is 0 Å². The number of nitrogens with one attached hydrogen (secondary N) is 1. The average molecular weight is 263 g/mol. The molecule has 2 heteroatoms. The van der Waals surface area contributed by atoms with Gasteiger partial charge in [-0.05, 0) is 17.5 Å². The number of carbonyl (C=O) groups excluding carboxylic acids is 1. The normalized spacial score (nSPS) is 25.3. The first-order valence-corrected chi connectivity index (χ1v) is 7.21. The van der Waals surface area contributed by atoms with Gasteiger partial charge in [-0.1, -0.05) is 54.6 Å². The van der Waals surface area contributed by atoms with Crippen molar-refractivity contribution in [1.82, 2.24) is 5.32 Å². The summed E-state index contributed by atoms with van der Waals surface area (Å²) in [5, 5.41) is 3.33. The van der Waals surface area contributed by atoms with Crippen LogP contribution < -0.4 is 5.32 Å². The molecule has 4 rings (SSSR count). The number of fused-ring (bicyclic) bond motifs is 1. The summed E-state index contributed by atoms with van der Waals surface area (Å²) in [5.41, 5.74) is 2.94. The first kappa shape index (κ1) is 11.9. The Morgan fingerprint density at radius 2 is 1.65 bits per heavy atom. The standard InChI is InChI=1S/C18H17NO/c20-17-16-9-5-4-6-13(16)10-18(17,15-11-19-12-15)14-7-2-1-3-8-14/h1-9,15,19H,10-12H2. The van der Waals surface area contributed by atoms with Gasteiger partial charge in [0.05, 0.1) is 5.41 Å². The predicted molar refractivity (Wildman–Crippen MR) is 79.0 cm³/mol. The van der Waals surface area contributed by atoms with Crippen LogP contribution in [0.1, 0.15) is 21.5 Å². The van der Waals surface area contributed by atoms with E-state index < -0.39 is 0 Å². The lowest BCUT2D eigenvalue weighted by atomic mass is 9.65. The van der Waals surface area contributed by atoms with Crippen LogP contribution in [-0.4, -0.2) is 18.9 Å². The summed E-state index contributed by atoms with van der Waals surface area (Å²) in [4.78, 5) is 13.1. The van der Waals surface area contributed by atoms with E-state index in [9.17, 15) is 4.79 Å². The predicted octanol–water partition coefficient (Wildman–Crippen LogP) is 2.58. The summed E-state index contributed by atoms with van der Waals surface area (Å²) >= 11 is 0. The van der Waals surface area contributed by atoms with Gasteiger partial charge < -0.3 is 5.32 Å². The van der Waals surface area contributed by atoms with Gasteiger partial charge in [0.1, 0.15) is 0 Å². The molecule has 20 heavy (non-hydrogen) atoms. The van der Waals surface area contributed by atoms with Gasteiger partial charge in [-0.3, -0.25) is 4.79 Å². The third kappa shape index (κ3) is 1.46. The topological polar surface area (TPSA) is 29.1 Å². The van der Waals surface area contributed by atoms with Crippen molar-refractivity contribution in [3.63, 3.8) is 0 Å². The molecular weight excluding hydrogens is 246 g/mol. The van der Waals surface area contributed by atoms with Gasteiger partial charge in [0.25, 0.3) is 0 Å². The zero-order valence-corrected chi connectivity index (χ0v) is 11.3. The highest BCUT2D eigenvalue weighted by Crippen LogP contribution is 2.46. The van der Waals surface area contributed by atoms with E-state index in [4.69, 9.17) is 0 Å². The minimum Gasteiger partial charge on any atom is -0.316 e. The first-order valence-electron chi connectivity index (χ1n) is 7.21. The molecule has 0 radical (unpaired) electrons. The molecule has 1 fully saturated rings. The maximum Gasteiger partial charge on any atom is 0.174 e. The molecule has 2 aromatic rings. The van der Waals surface area contributed by atoms with Crippen molar-refractivity contribution < 1.29 is 4.79 Å². The highest BCUT2D eigenvalue weighted by molar-refractivity contribution is 6.08. The van der Waals surface area contributed by atoms with Crippen LogP contribution in [0.15, 0.2) is 54.6 Å². The molecule has 2 nitrogen and oxygen atoms in total. The average Bonchev–Trinajstić information content (AvgIpc) is 2.73. The Hall–Kier alpha value is -1.93. The van der Waals surface area contributed by atoms with Gasteiger partial charge in [0, 0.05) is 24.6 Å². The summed E-state index contributed by atoms with van der Waals surface area (Å²) in [5.74, 6) is 0.718. The second kappa shape index (κ2) is 4.29. The van der Waals surface area contributed by atoms with Crippen LogP contribution in [0.25, 0.3) is 0 Å². The molecule has 1 aliphatic heterocycles. The summed E-state index contributed by atoms with van der Waals surface area (Å²) in [7, 11) is 0. The highest BCUT2D eigenvalue weighted by Gasteiger charge is 2.53. The lowest BCUT2D eigenvalue weighted by Crippen LogP contribution is -2.56. The molecule has 1 N–H and O–H groups in total. The zero-order chi connectivity index (χ0) is 13.6. The van der Waals surface area contributed by atoms with Crippen LogP contribution in [0.5, 0.6) is 0 Å². The van der Waals surface area contributed by atoms with Crippen molar-refractivity contribution in [2.75, 3.05) is 13.1 Å². The fraction of sp³-hybridized carbons (Fsp3) is 0.278. The van der Waals surface area contributed by atoms with E-state index in [1.165, 1.54) is 11.1 Å². The smallest absolute Gasteiger partial charge is 0.174 e. The number of hydrogen-bond donors (Lipinski definition) is 1. The van der Waals surface area contributed by atoms with Crippen molar-refractivity contribution in [2.24, 2.45) is 5.92 Å². The third-order valence-corrected chi connectivity index (χ3v) is 4.90. The van der Waals surface area contributed by atoms with Crippen molar-refractivity contribution in [3.8, 4) is 0 Å². The van der Waals surface area contributed by atoms with Gasteiger partial charge in [0.2, 0.25) is 0 Å². The molecule has 0 saturated carbocycles. The largest absolute Gasteiger partial charge is 0.316 e. The van der Waals surface area contributed by atoms with Crippen LogP contribution in [0.4, 0.5) is 0 Å². The summed E-state index contributed by atoms with van der Waals surface area (Å²) in [6.07, 6.45) is 0.846. The molecule has 1 aliphatic carbocycles. The molecule has 1 unspecified atom stereocenters. The van der Waals surface area contributed by atoms with Gasteiger partial charge >= 0.3 is 0 Å². The number of hydrogen-bond acceptors (Lipinski definition) is 2. The molecule has 2 aliphatic rings. The Morgan fingerprint density at radius 3 is 2.30 bits per heavy atom. The van der Waals surface area contributed by atoms with Crippen LogP contribution in [-0.2, 0) is 11.8 Å². The minimum absolute atomic E-state index is 0.311. The number of ketones is 1. The van der Waals surface area contributed by atoms with E-state index in [-0.39, 0.29) is 5.41 Å². The van der Waals surface area contributed by atoms with E-state index in [0.29, 0.717) is 11.7 Å². The summed E-state index contributed by atoms with van der Waals surface area (Å²) in [6, 6.07) is 18.4. The molecule has 1 saturated heterocycles. The van der Waals surface area contributed by atoms with Gasteiger partial charge in [-0.25, -0.2) is 0 Å². The third-order valence-electron chi connectivity index (χ3n) is 4.90.